The maximum absolute atomic E-state index is 15.0. The summed E-state index contributed by atoms with van der Waals surface area (Å²) < 4.78 is 5.93. The fourth-order valence-corrected chi connectivity index (χ4v) is 12.1. The van der Waals surface area contributed by atoms with Crippen LogP contribution in [0.25, 0.3) is 0 Å². The van der Waals surface area contributed by atoms with Crippen LogP contribution >= 0.6 is 0 Å². The summed E-state index contributed by atoms with van der Waals surface area (Å²) in [6.07, 6.45) is -0.777. The summed E-state index contributed by atoms with van der Waals surface area (Å²) in [6, 6.07) is -8.63. The molecule has 1 aromatic carbocycles. The number of carboxylic acids is 1. The zero-order chi connectivity index (χ0) is 80.3. The minimum atomic E-state index is -1.89. The number of nitrogens with one attached hydrogen (secondary N) is 12. The van der Waals surface area contributed by atoms with Crippen LogP contribution in [0.4, 0.5) is 0 Å². The quantitative estimate of drug-likeness (QED) is 0.0353. The van der Waals surface area contributed by atoms with E-state index in [1.54, 1.807) is 127 Å². The molecule has 1 aromatic rings. The molecule has 16 atom stereocenters. The Morgan fingerprint density at radius 2 is 1.13 bits per heavy atom. The second-order valence-electron chi connectivity index (χ2n) is 30.2. The van der Waals surface area contributed by atoms with Crippen molar-refractivity contribution in [1.29, 1.82) is 0 Å². The largest absolute Gasteiger partial charge is 0.481 e. The molecule has 2 saturated heterocycles. The number of likely N-dealkylation sites (tertiary alicyclic amines) is 1. The fourth-order valence-electron chi connectivity index (χ4n) is 12.1. The van der Waals surface area contributed by atoms with Gasteiger partial charge in [0.1, 0.15) is 84.3 Å². The molecular formula is C75H121N13O18. The number of nitrogens with zero attached hydrogens (tertiary/aromatic N) is 1. The summed E-state index contributed by atoms with van der Waals surface area (Å²) in [6.45, 7) is 31.1. The number of esters is 1. The summed E-state index contributed by atoms with van der Waals surface area (Å²) >= 11 is 0. The van der Waals surface area contributed by atoms with Crippen LogP contribution in [-0.2, 0) is 83.1 Å². The second-order valence-corrected chi connectivity index (χ2v) is 30.2. The highest BCUT2D eigenvalue weighted by Crippen LogP contribution is 2.23. The number of amides is 13. The van der Waals surface area contributed by atoms with Crippen molar-refractivity contribution in [3.8, 4) is 0 Å². The van der Waals surface area contributed by atoms with Crippen LogP contribution in [0.1, 0.15) is 195 Å². The number of cyclic esters (lactones) is 1. The Kier molecular flexibility index (Phi) is 37.5. The van der Waals surface area contributed by atoms with Gasteiger partial charge in [0.05, 0.1) is 6.10 Å². The molecule has 31 nitrogen and oxygen atoms in total. The molecule has 2 aliphatic heterocycles. The van der Waals surface area contributed by atoms with Crippen molar-refractivity contribution in [3.63, 3.8) is 0 Å². The number of hydrogen-bond donors (Lipinski definition) is 14. The third-order valence-corrected chi connectivity index (χ3v) is 19.2. The third-order valence-electron chi connectivity index (χ3n) is 19.2. The first-order valence-corrected chi connectivity index (χ1v) is 37.4. The smallest absolute Gasteiger partial charge is 0.329 e. The lowest BCUT2D eigenvalue weighted by molar-refractivity contribution is -0.157. The molecule has 13 amide bonds. The Labute approximate surface area is 623 Å². The Hall–Kier alpha value is -9.03. The van der Waals surface area contributed by atoms with E-state index in [1.807, 2.05) is 13.8 Å². The van der Waals surface area contributed by atoms with Crippen LogP contribution in [0, 0.1) is 47.3 Å². The Bertz CT molecular complexity index is 3250. The fraction of sp³-hybridized carbons (Fsp3) is 0.693. The first-order chi connectivity index (χ1) is 49.6. The summed E-state index contributed by atoms with van der Waals surface area (Å²) in [5, 5.41) is 52.4. The van der Waals surface area contributed by atoms with Crippen molar-refractivity contribution >= 4 is 88.7 Å². The number of allylic oxidation sites excluding steroid dienone is 1. The number of carboxylic acid groups (broad SMARTS) is 1. The molecular weight excluding hydrogens is 1370 g/mol. The molecule has 3 rings (SSSR count). The minimum absolute atomic E-state index is 0.00545. The lowest BCUT2D eigenvalue weighted by Crippen LogP contribution is -2.64. The Morgan fingerprint density at radius 1 is 0.594 bits per heavy atom. The molecule has 0 spiro atoms. The molecule has 2 fully saturated rings. The van der Waals surface area contributed by atoms with Crippen molar-refractivity contribution in [2.75, 3.05) is 6.54 Å². The second kappa shape index (κ2) is 43.6. The number of benzene rings is 1. The number of carbonyl (C=O) groups excluding carboxylic acids is 14. The van der Waals surface area contributed by atoms with Crippen LogP contribution in [0.15, 0.2) is 42.1 Å². The molecule has 0 aromatic heterocycles. The van der Waals surface area contributed by atoms with E-state index in [-0.39, 0.29) is 56.7 Å². The highest BCUT2D eigenvalue weighted by molar-refractivity contribution is 6.03. The Morgan fingerprint density at radius 3 is 1.66 bits per heavy atom. The number of aliphatic hydroxyl groups excluding tert-OH is 1. The number of ether oxygens (including phenoxy) is 1. The van der Waals surface area contributed by atoms with Gasteiger partial charge in [-0.1, -0.05) is 166 Å². The average molecular weight is 1490 g/mol. The standard InChI is InChI=1S/C75H121N13O18/c1-20-43(16)59(71(101)87-62-46(19)106-75(105)58(42(14)15)83-63(93)48(22-3)76-65(95)50(36-47-29-24-23-25-30-47)78-67(97)55(39(8)9)80-70(100)60(44(17)21-2)85-73(62)103)84-64(94)49(33-34-53(91)92)77-66(96)51-31-27-35-88(51)74(104)57(41(12)13)82-69(99)56(40(10)11)81-72(102)61(45(18)89)86-68(98)54(38(6)7)79-52(90)32-26-28-37(4)5/h22-25,29-30,37-46,49-51,54-62,89H,20-21,26-28,31-36H2,1-19H3,(H,76,95)(H,77,96)(H,78,97)(H,79,90)(H,80,100)(H,81,102)(H,82,99)(H,83,93)(H,84,94)(H,85,103)(H,86,98)(H,87,101)(H,91,92)/b48-22-/t43-,44-,45-,46+,49+,50+,51-,54-,55-,56+,57-,58+,59-,60-,61+,62-/m1/s1. The van der Waals surface area contributed by atoms with Gasteiger partial charge in [-0.25, -0.2) is 4.79 Å². The molecule has 0 unspecified atom stereocenters. The molecule has 14 N–H and O–H groups in total. The molecule has 0 radical (unpaired) electrons. The highest BCUT2D eigenvalue weighted by atomic mass is 16.5. The molecule has 594 valence electrons. The summed E-state index contributed by atoms with van der Waals surface area (Å²) in [5.41, 5.74) is 0.331. The van der Waals surface area contributed by atoms with Gasteiger partial charge in [-0.3, -0.25) is 67.1 Å². The number of carbonyl (C=O) groups is 15. The van der Waals surface area contributed by atoms with Gasteiger partial charge in [-0.15, -0.1) is 0 Å². The van der Waals surface area contributed by atoms with Crippen molar-refractivity contribution in [2.45, 2.75) is 280 Å². The van der Waals surface area contributed by atoms with Gasteiger partial charge in [0.25, 0.3) is 5.91 Å². The Balaban J connectivity index is 2.02. The summed E-state index contributed by atoms with van der Waals surface area (Å²) in [7, 11) is 0. The summed E-state index contributed by atoms with van der Waals surface area (Å²) in [4.78, 5) is 214. The lowest BCUT2D eigenvalue weighted by atomic mass is 9.95. The van der Waals surface area contributed by atoms with Gasteiger partial charge < -0.3 is 83.7 Å². The zero-order valence-corrected chi connectivity index (χ0v) is 65.3. The number of rotatable bonds is 33. The van der Waals surface area contributed by atoms with Gasteiger partial charge in [0, 0.05) is 25.8 Å². The molecule has 2 heterocycles. The molecule has 0 bridgehead atoms. The van der Waals surface area contributed by atoms with Gasteiger partial charge in [0.2, 0.25) is 70.9 Å². The van der Waals surface area contributed by atoms with Crippen LogP contribution in [0.3, 0.4) is 0 Å². The van der Waals surface area contributed by atoms with Gasteiger partial charge >= 0.3 is 11.9 Å². The predicted octanol–water partition coefficient (Wildman–Crippen LogP) is 1.96. The maximum atomic E-state index is 15.0. The maximum Gasteiger partial charge on any atom is 0.329 e. The minimum Gasteiger partial charge on any atom is -0.481 e. The van der Waals surface area contributed by atoms with E-state index in [0.717, 1.165) is 6.42 Å². The molecule has 2 aliphatic rings. The number of hydrogen-bond acceptors (Lipinski definition) is 17. The van der Waals surface area contributed by atoms with E-state index < -0.39 is 222 Å². The normalized spacial score (nSPS) is 22.4. The van der Waals surface area contributed by atoms with Crippen LogP contribution < -0.4 is 63.8 Å². The SMILES string of the molecule is C/C=C1\NC(=O)[C@H](Cc2ccccc2)NC(=O)[C@@H](C(C)C)NC(=O)[C@@H]([C@H](C)CC)NC(=O)[C@H](NC(=O)[C@H](NC(=O)[C@H](CCC(=O)O)NC(=O)[C@H]2CCCN2C(=O)[C@H](NC(=O)[C@@H](NC(=O)[C@@H](NC(=O)[C@H](NC(=O)CCCC(C)C)C(C)C)[C@@H](C)O)C(C)C)C(C)C)[C@H](C)CC)[C@H](C)OC(=O)[C@H](C(C)C)NC1=O. The van der Waals surface area contributed by atoms with Crippen molar-refractivity contribution in [2.24, 2.45) is 47.3 Å². The van der Waals surface area contributed by atoms with Gasteiger partial charge in [-0.05, 0) is 99.4 Å². The van der Waals surface area contributed by atoms with Crippen LogP contribution in [-0.4, -0.2) is 195 Å². The summed E-state index contributed by atoms with van der Waals surface area (Å²) in [5.74, 6) is -17.6. The van der Waals surface area contributed by atoms with E-state index in [2.05, 4.69) is 63.8 Å². The van der Waals surface area contributed by atoms with E-state index in [4.69, 9.17) is 4.74 Å². The van der Waals surface area contributed by atoms with E-state index >= 15 is 9.59 Å². The first-order valence-electron chi connectivity index (χ1n) is 37.4. The topological polar surface area (TPSA) is 453 Å². The van der Waals surface area contributed by atoms with Crippen molar-refractivity contribution < 1.29 is 86.9 Å². The van der Waals surface area contributed by atoms with Crippen molar-refractivity contribution in [3.05, 3.63) is 47.7 Å². The number of aliphatic carboxylic acids is 1. The van der Waals surface area contributed by atoms with Gasteiger partial charge in [0.15, 0.2) is 0 Å². The zero-order valence-electron chi connectivity index (χ0n) is 65.3. The monoisotopic (exact) mass is 1490 g/mol. The first kappa shape index (κ1) is 91.2. The van der Waals surface area contributed by atoms with Crippen LogP contribution in [0.2, 0.25) is 0 Å². The highest BCUT2D eigenvalue weighted by Gasteiger charge is 2.45. The van der Waals surface area contributed by atoms with Crippen molar-refractivity contribution in [1.82, 2.24) is 68.7 Å². The van der Waals surface area contributed by atoms with E-state index in [0.29, 0.717) is 17.9 Å². The molecule has 0 saturated carbocycles. The average Bonchev–Trinajstić information content (AvgIpc) is 1.45. The number of aliphatic hydroxyl groups is 1. The van der Waals surface area contributed by atoms with Gasteiger partial charge in [-0.2, -0.15) is 0 Å². The van der Waals surface area contributed by atoms with Crippen LogP contribution in [0.5, 0.6) is 0 Å². The lowest BCUT2D eigenvalue weighted by Gasteiger charge is -2.33. The molecule has 106 heavy (non-hydrogen) atoms. The predicted molar refractivity (Wildman–Crippen MR) is 394 cm³/mol. The third kappa shape index (κ3) is 27.7. The molecule has 31 heteroatoms. The molecule has 0 aliphatic carbocycles. The van der Waals surface area contributed by atoms with E-state index in [9.17, 15) is 72.5 Å². The van der Waals surface area contributed by atoms with E-state index in [1.165, 1.54) is 31.7 Å².